The lowest BCUT2D eigenvalue weighted by atomic mass is 10.1. The summed E-state index contributed by atoms with van der Waals surface area (Å²) in [5.74, 6) is 0.833. The minimum atomic E-state index is -0.987. The average Bonchev–Trinajstić information content (AvgIpc) is 2.58. The monoisotopic (exact) mass is 346 g/mol. The summed E-state index contributed by atoms with van der Waals surface area (Å²) in [6.45, 7) is 2.84. The van der Waals surface area contributed by atoms with Gasteiger partial charge in [0.05, 0.1) is 7.11 Å². The van der Waals surface area contributed by atoms with Gasteiger partial charge in [0, 0.05) is 35.0 Å². The van der Waals surface area contributed by atoms with Crippen molar-refractivity contribution in [3.63, 3.8) is 0 Å². The smallest absolute Gasteiger partial charge is 0.315 e. The van der Waals surface area contributed by atoms with Crippen molar-refractivity contribution in [3.05, 3.63) is 59.2 Å². The molecule has 0 unspecified atom stereocenters. The van der Waals surface area contributed by atoms with Gasteiger partial charge in [0.2, 0.25) is 0 Å². The van der Waals surface area contributed by atoms with Gasteiger partial charge in [0.25, 0.3) is 0 Å². The fourth-order valence-corrected chi connectivity index (χ4v) is 2.80. The van der Waals surface area contributed by atoms with Crippen LogP contribution in [0, 0.1) is 6.92 Å². The highest BCUT2D eigenvalue weighted by Crippen LogP contribution is 2.18. The Balaban J connectivity index is 1.81. The number of urea groups is 1. The van der Waals surface area contributed by atoms with Crippen molar-refractivity contribution in [3.8, 4) is 5.75 Å². The number of benzene rings is 2. The number of ether oxygens (including phenoxy) is 1. The minimum Gasteiger partial charge on any atom is -0.496 e. The molecule has 2 amide bonds. The lowest BCUT2D eigenvalue weighted by molar-refractivity contribution is 0.240. The van der Waals surface area contributed by atoms with E-state index in [1.807, 2.05) is 49.4 Å². The summed E-state index contributed by atoms with van der Waals surface area (Å²) in [7, 11) is 0.650. The highest BCUT2D eigenvalue weighted by Gasteiger charge is 2.04. The molecule has 1 atom stereocenters. The molecule has 0 fully saturated rings. The van der Waals surface area contributed by atoms with Crippen LogP contribution in [-0.2, 0) is 23.9 Å². The first kappa shape index (κ1) is 18.0. The third-order valence-electron chi connectivity index (χ3n) is 3.62. The molecule has 0 spiro atoms. The van der Waals surface area contributed by atoms with Gasteiger partial charge in [-0.2, -0.15) is 0 Å². The number of carbonyl (C=O) groups excluding carboxylic acids is 1. The second kappa shape index (κ2) is 8.49. The molecule has 128 valence electrons. The number of amides is 2. The largest absolute Gasteiger partial charge is 0.496 e. The van der Waals surface area contributed by atoms with Gasteiger partial charge in [-0.1, -0.05) is 24.3 Å². The normalized spacial score (nSPS) is 11.6. The van der Waals surface area contributed by atoms with Crippen molar-refractivity contribution in [1.29, 1.82) is 0 Å². The number of carbonyl (C=O) groups is 1. The van der Waals surface area contributed by atoms with Gasteiger partial charge in [-0.3, -0.25) is 4.21 Å². The highest BCUT2D eigenvalue weighted by atomic mass is 32.2. The van der Waals surface area contributed by atoms with Crippen molar-refractivity contribution < 1.29 is 13.7 Å². The third-order valence-corrected chi connectivity index (χ3v) is 4.56. The van der Waals surface area contributed by atoms with E-state index in [1.165, 1.54) is 0 Å². The second-order valence-electron chi connectivity index (χ2n) is 5.44. The summed E-state index contributed by atoms with van der Waals surface area (Å²) >= 11 is 0. The molecule has 6 heteroatoms. The van der Waals surface area contributed by atoms with Crippen LogP contribution in [-0.4, -0.2) is 23.6 Å². The Morgan fingerprint density at radius 3 is 2.17 bits per heavy atom. The molecule has 0 saturated carbocycles. The molecule has 0 heterocycles. The van der Waals surface area contributed by atoms with Crippen LogP contribution in [0.5, 0.6) is 5.75 Å². The van der Waals surface area contributed by atoms with Gasteiger partial charge in [-0.05, 0) is 41.8 Å². The van der Waals surface area contributed by atoms with Gasteiger partial charge in [0.15, 0.2) is 0 Å². The molecular formula is C18H22N2O3S. The van der Waals surface area contributed by atoms with Gasteiger partial charge in [-0.25, -0.2) is 4.79 Å². The zero-order chi connectivity index (χ0) is 17.5. The predicted octanol–water partition coefficient (Wildman–Crippen LogP) is 2.74. The maximum absolute atomic E-state index is 11.9. The molecule has 24 heavy (non-hydrogen) atoms. The Hall–Kier alpha value is -2.34. The molecule has 5 nitrogen and oxygen atoms in total. The number of aryl methyl sites for hydroxylation is 1. The first-order valence-electron chi connectivity index (χ1n) is 7.57. The summed E-state index contributed by atoms with van der Waals surface area (Å²) in [4.78, 5) is 12.7. The molecule has 0 aliphatic heterocycles. The summed E-state index contributed by atoms with van der Waals surface area (Å²) in [5.41, 5.74) is 3.00. The molecule has 0 bridgehead atoms. The molecule has 0 radical (unpaired) electrons. The molecule has 0 aliphatic rings. The topological polar surface area (TPSA) is 67.4 Å². The van der Waals surface area contributed by atoms with E-state index >= 15 is 0 Å². The number of methoxy groups -OCH3 is 1. The number of nitrogens with one attached hydrogen (secondary N) is 2. The lowest BCUT2D eigenvalue weighted by Gasteiger charge is -2.10. The first-order valence-corrected chi connectivity index (χ1v) is 9.13. The van der Waals surface area contributed by atoms with Crippen LogP contribution < -0.4 is 15.4 Å². The molecule has 0 aromatic heterocycles. The third kappa shape index (κ3) is 5.09. The average molecular weight is 346 g/mol. The van der Waals surface area contributed by atoms with Crippen LogP contribution in [0.15, 0.2) is 47.4 Å². The Labute approximate surface area is 144 Å². The van der Waals surface area contributed by atoms with Gasteiger partial charge >= 0.3 is 6.03 Å². The standard InChI is InChI=1S/C18H22N2O3S/c1-13-10-15(6-9-17(13)23-2)12-20-18(21)19-11-14-4-7-16(8-5-14)24(3)22/h4-10H,11-12H2,1-3H3,(H2,19,20,21)/t24-/m0/s1. The van der Waals surface area contributed by atoms with Crippen molar-refractivity contribution in [1.82, 2.24) is 10.6 Å². The Morgan fingerprint density at radius 2 is 1.62 bits per heavy atom. The maximum Gasteiger partial charge on any atom is 0.315 e. The molecule has 2 aromatic carbocycles. The van der Waals surface area contributed by atoms with Crippen LogP contribution in [0.25, 0.3) is 0 Å². The molecule has 2 aromatic rings. The molecule has 0 aliphatic carbocycles. The number of hydrogen-bond donors (Lipinski definition) is 2. The predicted molar refractivity (Wildman–Crippen MR) is 95.6 cm³/mol. The molecule has 2 rings (SSSR count). The van der Waals surface area contributed by atoms with Gasteiger partial charge in [-0.15, -0.1) is 0 Å². The van der Waals surface area contributed by atoms with E-state index in [2.05, 4.69) is 10.6 Å². The van der Waals surface area contributed by atoms with E-state index in [1.54, 1.807) is 13.4 Å². The summed E-state index contributed by atoms with van der Waals surface area (Å²) in [6, 6.07) is 12.9. The van der Waals surface area contributed by atoms with Crippen LogP contribution in [0.4, 0.5) is 4.79 Å². The van der Waals surface area contributed by atoms with E-state index in [4.69, 9.17) is 4.74 Å². The van der Waals surface area contributed by atoms with Crippen LogP contribution in [0.2, 0.25) is 0 Å². The Kier molecular flexibility index (Phi) is 6.37. The zero-order valence-corrected chi connectivity index (χ0v) is 14.9. The SMILES string of the molecule is COc1ccc(CNC(=O)NCc2ccc([S@](C)=O)cc2)cc1C. The fourth-order valence-electron chi connectivity index (χ4n) is 2.28. The zero-order valence-electron chi connectivity index (χ0n) is 14.1. The Bertz CT molecular complexity index is 730. The molecular weight excluding hydrogens is 324 g/mol. The van der Waals surface area contributed by atoms with E-state index in [-0.39, 0.29) is 6.03 Å². The van der Waals surface area contributed by atoms with Crippen molar-refractivity contribution >= 4 is 16.8 Å². The van der Waals surface area contributed by atoms with Gasteiger partial charge in [0.1, 0.15) is 5.75 Å². The van der Waals surface area contributed by atoms with Crippen molar-refractivity contribution in [2.75, 3.05) is 13.4 Å². The van der Waals surface area contributed by atoms with Crippen LogP contribution >= 0.6 is 0 Å². The van der Waals surface area contributed by atoms with Crippen molar-refractivity contribution in [2.24, 2.45) is 0 Å². The number of rotatable bonds is 6. The highest BCUT2D eigenvalue weighted by molar-refractivity contribution is 7.84. The van der Waals surface area contributed by atoms with E-state index in [9.17, 15) is 9.00 Å². The molecule has 2 N–H and O–H groups in total. The first-order chi connectivity index (χ1) is 11.5. The lowest BCUT2D eigenvalue weighted by Crippen LogP contribution is -2.34. The van der Waals surface area contributed by atoms with Crippen LogP contribution in [0.3, 0.4) is 0 Å². The quantitative estimate of drug-likeness (QED) is 0.845. The number of hydrogen-bond acceptors (Lipinski definition) is 3. The van der Waals surface area contributed by atoms with Gasteiger partial charge < -0.3 is 15.4 Å². The van der Waals surface area contributed by atoms with E-state index in [0.717, 1.165) is 27.3 Å². The summed E-state index contributed by atoms with van der Waals surface area (Å²) in [6.07, 6.45) is 1.64. The second-order valence-corrected chi connectivity index (χ2v) is 6.82. The minimum absolute atomic E-state index is 0.230. The summed E-state index contributed by atoms with van der Waals surface area (Å²) in [5, 5.41) is 5.63. The maximum atomic E-state index is 11.9. The van der Waals surface area contributed by atoms with Crippen LogP contribution in [0.1, 0.15) is 16.7 Å². The van der Waals surface area contributed by atoms with Crippen molar-refractivity contribution in [2.45, 2.75) is 24.9 Å². The summed E-state index contributed by atoms with van der Waals surface area (Å²) < 4.78 is 16.5. The Morgan fingerprint density at radius 1 is 1.04 bits per heavy atom. The van der Waals surface area contributed by atoms with E-state index < -0.39 is 10.8 Å². The van der Waals surface area contributed by atoms with E-state index in [0.29, 0.717) is 13.1 Å². The molecule has 0 saturated heterocycles. The fraction of sp³-hybridized carbons (Fsp3) is 0.278.